The Morgan fingerprint density at radius 2 is 2.05 bits per heavy atom. The lowest BCUT2D eigenvalue weighted by molar-refractivity contribution is 1.14. The highest BCUT2D eigenvalue weighted by Crippen LogP contribution is 2.27. The molecule has 1 N–H and O–H groups in total. The Hall–Kier alpha value is -1.50. The number of halogens is 2. The first-order valence-corrected chi connectivity index (χ1v) is 7.06. The van der Waals surface area contributed by atoms with Gasteiger partial charge in [0.25, 0.3) is 0 Å². The largest absolute Gasteiger partial charge is 0.355 e. The van der Waals surface area contributed by atoms with Gasteiger partial charge in [-0.2, -0.15) is 5.26 Å². The molecule has 2 rings (SSSR count). The van der Waals surface area contributed by atoms with E-state index >= 15 is 0 Å². The SMILES string of the molecule is CCc1cc(Br)ccc1Nc1ccc(C#N)c(Cl)c1. The van der Waals surface area contributed by atoms with Crippen molar-refractivity contribution in [3.8, 4) is 6.07 Å². The average molecular weight is 336 g/mol. The minimum atomic E-state index is 0.461. The second kappa shape index (κ2) is 6.10. The second-order valence-corrected chi connectivity index (χ2v) is 5.41. The molecule has 0 heterocycles. The van der Waals surface area contributed by atoms with E-state index in [4.69, 9.17) is 16.9 Å². The molecule has 96 valence electrons. The number of hydrogen-bond donors (Lipinski definition) is 1. The summed E-state index contributed by atoms with van der Waals surface area (Å²) in [5.41, 5.74) is 3.63. The molecule has 0 spiro atoms. The fraction of sp³-hybridized carbons (Fsp3) is 0.133. The third-order valence-corrected chi connectivity index (χ3v) is 3.62. The van der Waals surface area contributed by atoms with E-state index < -0.39 is 0 Å². The molecule has 0 radical (unpaired) electrons. The molecule has 0 bridgehead atoms. The molecule has 2 aromatic carbocycles. The number of hydrogen-bond acceptors (Lipinski definition) is 2. The van der Waals surface area contributed by atoms with E-state index in [9.17, 15) is 0 Å². The molecule has 0 amide bonds. The minimum Gasteiger partial charge on any atom is -0.355 e. The van der Waals surface area contributed by atoms with Crippen LogP contribution in [0.5, 0.6) is 0 Å². The van der Waals surface area contributed by atoms with E-state index in [0.717, 1.165) is 22.3 Å². The van der Waals surface area contributed by atoms with Crippen molar-refractivity contribution in [2.45, 2.75) is 13.3 Å². The average Bonchev–Trinajstić information content (AvgIpc) is 2.41. The Bertz CT molecular complexity index is 647. The van der Waals surface area contributed by atoms with Crippen molar-refractivity contribution >= 4 is 38.9 Å². The Labute approximate surface area is 126 Å². The first-order valence-electron chi connectivity index (χ1n) is 5.89. The Morgan fingerprint density at radius 1 is 1.26 bits per heavy atom. The molecule has 0 aliphatic rings. The summed E-state index contributed by atoms with van der Waals surface area (Å²) in [5.74, 6) is 0. The maximum absolute atomic E-state index is 8.85. The number of aryl methyl sites for hydroxylation is 1. The molecule has 4 heteroatoms. The van der Waals surface area contributed by atoms with Crippen LogP contribution in [0.4, 0.5) is 11.4 Å². The first-order chi connectivity index (χ1) is 9.13. The zero-order valence-electron chi connectivity index (χ0n) is 10.4. The fourth-order valence-electron chi connectivity index (χ4n) is 1.82. The summed E-state index contributed by atoms with van der Waals surface area (Å²) in [6, 6.07) is 13.5. The van der Waals surface area contributed by atoms with E-state index in [-0.39, 0.29) is 0 Å². The number of nitrogens with one attached hydrogen (secondary N) is 1. The lowest BCUT2D eigenvalue weighted by Crippen LogP contribution is -1.95. The van der Waals surface area contributed by atoms with Gasteiger partial charge in [-0.15, -0.1) is 0 Å². The summed E-state index contributed by atoms with van der Waals surface area (Å²) in [6.45, 7) is 2.11. The molecule has 0 fully saturated rings. The normalized spacial score (nSPS) is 10.0. The van der Waals surface area contributed by atoms with Crippen molar-refractivity contribution in [2.24, 2.45) is 0 Å². The highest BCUT2D eigenvalue weighted by Gasteiger charge is 2.04. The minimum absolute atomic E-state index is 0.461. The van der Waals surface area contributed by atoms with Gasteiger partial charge >= 0.3 is 0 Å². The van der Waals surface area contributed by atoms with Crippen LogP contribution in [0.15, 0.2) is 40.9 Å². The molecule has 0 aliphatic carbocycles. The van der Waals surface area contributed by atoms with Gasteiger partial charge in [-0.1, -0.05) is 34.5 Å². The highest BCUT2D eigenvalue weighted by molar-refractivity contribution is 9.10. The van der Waals surface area contributed by atoms with Gasteiger partial charge in [-0.05, 0) is 48.4 Å². The summed E-state index contributed by atoms with van der Waals surface area (Å²) in [7, 11) is 0. The summed E-state index contributed by atoms with van der Waals surface area (Å²) >= 11 is 9.49. The number of rotatable bonds is 3. The Morgan fingerprint density at radius 3 is 2.68 bits per heavy atom. The van der Waals surface area contributed by atoms with Crippen LogP contribution in [-0.2, 0) is 6.42 Å². The first kappa shape index (κ1) is 13.9. The summed E-state index contributed by atoms with van der Waals surface area (Å²) < 4.78 is 1.06. The molecule has 0 aliphatic heterocycles. The predicted octanol–water partition coefficient (Wildman–Crippen LogP) is 5.28. The molecule has 0 saturated heterocycles. The van der Waals surface area contributed by atoms with Crippen LogP contribution in [0.25, 0.3) is 0 Å². The Kier molecular flexibility index (Phi) is 4.47. The third-order valence-electron chi connectivity index (χ3n) is 2.82. The van der Waals surface area contributed by atoms with Crippen molar-refractivity contribution in [1.82, 2.24) is 0 Å². The molecule has 0 atom stereocenters. The van der Waals surface area contributed by atoms with Gasteiger partial charge in [0.2, 0.25) is 0 Å². The summed E-state index contributed by atoms with van der Waals surface area (Å²) in [5, 5.41) is 12.6. The van der Waals surface area contributed by atoms with Crippen LogP contribution in [-0.4, -0.2) is 0 Å². The molecule has 2 nitrogen and oxygen atoms in total. The van der Waals surface area contributed by atoms with Crippen LogP contribution < -0.4 is 5.32 Å². The fourth-order valence-corrected chi connectivity index (χ4v) is 2.45. The lowest BCUT2D eigenvalue weighted by atomic mass is 10.1. The Balaban J connectivity index is 2.31. The van der Waals surface area contributed by atoms with Gasteiger partial charge in [-0.25, -0.2) is 0 Å². The van der Waals surface area contributed by atoms with Gasteiger partial charge in [0, 0.05) is 15.8 Å². The number of anilines is 2. The zero-order chi connectivity index (χ0) is 13.8. The van der Waals surface area contributed by atoms with E-state index in [1.807, 2.05) is 18.2 Å². The molecule has 0 aromatic heterocycles. The van der Waals surface area contributed by atoms with E-state index in [1.54, 1.807) is 12.1 Å². The van der Waals surface area contributed by atoms with E-state index in [0.29, 0.717) is 10.6 Å². The van der Waals surface area contributed by atoms with Gasteiger partial charge in [-0.3, -0.25) is 0 Å². The molecular formula is C15H12BrClN2. The predicted molar refractivity (Wildman–Crippen MR) is 83.0 cm³/mol. The van der Waals surface area contributed by atoms with Crippen LogP contribution in [0, 0.1) is 11.3 Å². The van der Waals surface area contributed by atoms with Crippen molar-refractivity contribution in [3.63, 3.8) is 0 Å². The van der Waals surface area contributed by atoms with Crippen LogP contribution >= 0.6 is 27.5 Å². The van der Waals surface area contributed by atoms with E-state index in [2.05, 4.69) is 40.3 Å². The smallest absolute Gasteiger partial charge is 0.101 e. The molecule has 0 saturated carbocycles. The summed E-state index contributed by atoms with van der Waals surface area (Å²) in [4.78, 5) is 0. The molecule has 19 heavy (non-hydrogen) atoms. The summed E-state index contributed by atoms with van der Waals surface area (Å²) in [6.07, 6.45) is 0.936. The van der Waals surface area contributed by atoms with Crippen molar-refractivity contribution in [2.75, 3.05) is 5.32 Å². The van der Waals surface area contributed by atoms with Gasteiger partial charge in [0.15, 0.2) is 0 Å². The monoisotopic (exact) mass is 334 g/mol. The van der Waals surface area contributed by atoms with Crippen LogP contribution in [0.3, 0.4) is 0 Å². The topological polar surface area (TPSA) is 35.8 Å². The van der Waals surface area contributed by atoms with Crippen molar-refractivity contribution in [3.05, 3.63) is 57.0 Å². The molecular weight excluding hydrogens is 324 g/mol. The number of nitriles is 1. The number of benzene rings is 2. The van der Waals surface area contributed by atoms with Gasteiger partial charge < -0.3 is 5.32 Å². The highest BCUT2D eigenvalue weighted by atomic mass is 79.9. The van der Waals surface area contributed by atoms with Gasteiger partial charge in [0.1, 0.15) is 6.07 Å². The zero-order valence-corrected chi connectivity index (χ0v) is 12.7. The number of nitrogens with zero attached hydrogens (tertiary/aromatic N) is 1. The molecule has 0 unspecified atom stereocenters. The lowest BCUT2D eigenvalue weighted by Gasteiger charge is -2.12. The van der Waals surface area contributed by atoms with E-state index in [1.165, 1.54) is 5.56 Å². The second-order valence-electron chi connectivity index (χ2n) is 4.09. The maximum Gasteiger partial charge on any atom is 0.101 e. The standard InChI is InChI=1S/C15H12BrClN2/c1-2-10-7-12(16)4-6-15(10)19-13-5-3-11(9-18)14(17)8-13/h3-8,19H,2H2,1H3. The third kappa shape index (κ3) is 3.28. The van der Waals surface area contributed by atoms with Crippen molar-refractivity contribution in [1.29, 1.82) is 5.26 Å². The molecule has 2 aromatic rings. The van der Waals surface area contributed by atoms with Gasteiger partial charge in [0.05, 0.1) is 10.6 Å². The quantitative estimate of drug-likeness (QED) is 0.828. The van der Waals surface area contributed by atoms with Crippen molar-refractivity contribution < 1.29 is 0 Å². The maximum atomic E-state index is 8.85. The van der Waals surface area contributed by atoms with Crippen LogP contribution in [0.1, 0.15) is 18.1 Å². The van der Waals surface area contributed by atoms with Crippen LogP contribution in [0.2, 0.25) is 5.02 Å².